The van der Waals surface area contributed by atoms with Crippen molar-refractivity contribution in [1.82, 2.24) is 55.6 Å². The normalized spacial score (nSPS) is 29.0. The molecule has 0 spiro atoms. The van der Waals surface area contributed by atoms with Gasteiger partial charge in [0, 0.05) is 55.9 Å². The standard InChI is InChI=1S/C62H111N11O12/c1-24-43-58(80)67(17)33-48(74)68(18)44(29-34(2)3)55(77)66-49(38(10)11)61(83)69(19)45(30-35(4)5)54(76)63-41(15)53(75)64-42(16)57(79)70(20)46(31-36(6)7)59(81)71(21)47(32-37(8)9)60(82)72(22)50(39(12)13)62(84)73(23)51(56(78)65-43)52-40(14)27-25-26-28-85-52/h34-47,49-52H,24-33H2,1-23H3,(H,63,76)(H,64,75)(H,65,78)(H,66,77)/t40-,41-,42+,43-,44+,45-,46-,47-,49-,50-,51-,52-/m1/s1. The summed E-state index contributed by atoms with van der Waals surface area (Å²) in [5.74, 6) is -8.59. The molecule has 0 radical (unpaired) electrons. The summed E-state index contributed by atoms with van der Waals surface area (Å²) in [4.78, 5) is 170. The maximum absolute atomic E-state index is 15.3. The predicted molar refractivity (Wildman–Crippen MR) is 327 cm³/mol. The van der Waals surface area contributed by atoms with Crippen molar-refractivity contribution in [3.63, 3.8) is 0 Å². The molecule has 85 heavy (non-hydrogen) atoms. The molecule has 2 rings (SSSR count). The average molecular weight is 1200 g/mol. The Kier molecular flexibility index (Phi) is 30.0. The van der Waals surface area contributed by atoms with Crippen molar-refractivity contribution in [2.45, 2.75) is 229 Å². The van der Waals surface area contributed by atoms with Crippen molar-refractivity contribution in [2.75, 3.05) is 62.5 Å². The molecule has 0 aromatic heterocycles. The first-order valence-corrected chi connectivity index (χ1v) is 31.0. The monoisotopic (exact) mass is 1200 g/mol. The topological polar surface area (TPSA) is 268 Å². The molecule has 23 heteroatoms. The first kappa shape index (κ1) is 75.2. The first-order chi connectivity index (χ1) is 39.3. The smallest absolute Gasteiger partial charge is 0.246 e. The summed E-state index contributed by atoms with van der Waals surface area (Å²) >= 11 is 0. The second-order valence-electron chi connectivity index (χ2n) is 26.6. The van der Waals surface area contributed by atoms with Gasteiger partial charge in [0.2, 0.25) is 65.0 Å². The van der Waals surface area contributed by atoms with E-state index in [0.29, 0.717) is 19.4 Å². The maximum atomic E-state index is 15.3. The van der Waals surface area contributed by atoms with Crippen LogP contribution in [0.4, 0.5) is 0 Å². The van der Waals surface area contributed by atoms with Crippen molar-refractivity contribution in [1.29, 1.82) is 0 Å². The van der Waals surface area contributed by atoms with Crippen LogP contribution in [0.5, 0.6) is 0 Å². The van der Waals surface area contributed by atoms with Crippen LogP contribution in [-0.2, 0) is 57.5 Å². The summed E-state index contributed by atoms with van der Waals surface area (Å²) in [6.45, 7) is 28.5. The molecule has 23 nitrogen and oxygen atoms in total. The SMILES string of the molecule is CC[C@H]1NC(=O)[C@@H]([C@@H]2OCCCC[C@H]2C)N(C)C(=O)[C@@H](C(C)C)N(C)C(=O)[C@@H](CC(C)C)N(C)C(=O)[C@@H](CC(C)C)N(C)C(=O)[C@H](C)NC(=O)[C@@H](C)NC(=O)[C@@H](CC(C)C)N(C)C(=O)[C@@H](C(C)C)NC(=O)[C@H](CC(C)C)N(C)C(=O)CN(C)C1=O. The number of likely N-dealkylation sites (N-methyl/N-ethyl adjacent to an activating group) is 7. The number of carbonyl (C=O) groups excluding carboxylic acids is 11. The zero-order valence-corrected chi connectivity index (χ0v) is 56.0. The molecular weight excluding hydrogens is 1090 g/mol. The van der Waals surface area contributed by atoms with Crippen molar-refractivity contribution < 1.29 is 57.5 Å². The van der Waals surface area contributed by atoms with Crippen LogP contribution in [-0.4, -0.2) is 228 Å². The van der Waals surface area contributed by atoms with Gasteiger partial charge in [-0.25, -0.2) is 0 Å². The average Bonchev–Trinajstić information content (AvgIpc) is 2.75. The predicted octanol–water partition coefficient (Wildman–Crippen LogP) is 3.51. The minimum atomic E-state index is -1.30. The molecule has 2 fully saturated rings. The number of amides is 11. The molecule has 2 aliphatic heterocycles. The lowest BCUT2D eigenvalue weighted by atomic mass is 9.91. The largest absolute Gasteiger partial charge is 0.375 e. The molecule has 486 valence electrons. The molecule has 0 saturated carbocycles. The van der Waals surface area contributed by atoms with E-state index in [1.54, 1.807) is 34.6 Å². The van der Waals surface area contributed by atoms with Crippen molar-refractivity contribution in [3.05, 3.63) is 0 Å². The molecule has 0 aromatic rings. The van der Waals surface area contributed by atoms with E-state index in [2.05, 4.69) is 21.3 Å². The third-order valence-electron chi connectivity index (χ3n) is 16.7. The fraction of sp³-hybridized carbons (Fsp3) is 0.823. The lowest BCUT2D eigenvalue weighted by molar-refractivity contribution is -0.158. The van der Waals surface area contributed by atoms with Gasteiger partial charge in [0.15, 0.2) is 0 Å². The first-order valence-electron chi connectivity index (χ1n) is 31.0. The van der Waals surface area contributed by atoms with Crippen LogP contribution in [0.3, 0.4) is 0 Å². The highest BCUT2D eigenvalue weighted by atomic mass is 16.5. The number of rotatable bonds is 12. The zero-order valence-electron chi connectivity index (χ0n) is 56.0. The van der Waals surface area contributed by atoms with Gasteiger partial charge in [-0.05, 0) is 100 Å². The lowest BCUT2D eigenvalue weighted by Gasteiger charge is -2.42. The Morgan fingerprint density at radius 2 is 0.894 bits per heavy atom. The summed E-state index contributed by atoms with van der Waals surface area (Å²) in [5, 5.41) is 11.2. The Hall–Kier alpha value is -5.87. The van der Waals surface area contributed by atoms with E-state index in [9.17, 15) is 38.4 Å². The van der Waals surface area contributed by atoms with Gasteiger partial charge in [0.05, 0.1) is 12.6 Å². The third-order valence-corrected chi connectivity index (χ3v) is 16.7. The van der Waals surface area contributed by atoms with Crippen molar-refractivity contribution in [3.8, 4) is 0 Å². The van der Waals surface area contributed by atoms with Crippen LogP contribution in [0.1, 0.15) is 162 Å². The van der Waals surface area contributed by atoms with Gasteiger partial charge in [-0.1, -0.05) is 103 Å². The Labute approximate surface area is 508 Å². The van der Waals surface area contributed by atoms with Gasteiger partial charge in [0.25, 0.3) is 0 Å². The fourth-order valence-electron chi connectivity index (χ4n) is 11.4. The van der Waals surface area contributed by atoms with Gasteiger partial charge in [-0.3, -0.25) is 52.7 Å². The number of ether oxygens (including phenoxy) is 1. The van der Waals surface area contributed by atoms with Crippen molar-refractivity contribution in [2.24, 2.45) is 41.4 Å². The van der Waals surface area contributed by atoms with Crippen LogP contribution in [0.25, 0.3) is 0 Å². The zero-order chi connectivity index (χ0) is 65.4. The number of hydrogen-bond acceptors (Lipinski definition) is 12. The number of nitrogens with one attached hydrogen (secondary N) is 4. The molecule has 11 amide bonds. The van der Waals surface area contributed by atoms with Crippen LogP contribution in [0.2, 0.25) is 0 Å². The summed E-state index contributed by atoms with van der Waals surface area (Å²) in [6.07, 6.45) is 2.17. The van der Waals surface area contributed by atoms with E-state index in [1.165, 1.54) is 97.5 Å². The van der Waals surface area contributed by atoms with Gasteiger partial charge >= 0.3 is 0 Å². The minimum absolute atomic E-state index is 0.0892. The van der Waals surface area contributed by atoms with Gasteiger partial charge in [-0.2, -0.15) is 0 Å². The Morgan fingerprint density at radius 1 is 0.447 bits per heavy atom. The lowest BCUT2D eigenvalue weighted by Crippen LogP contribution is -2.64. The van der Waals surface area contributed by atoms with Crippen LogP contribution >= 0.6 is 0 Å². The number of carbonyl (C=O) groups is 11. The third kappa shape index (κ3) is 20.6. The minimum Gasteiger partial charge on any atom is -0.375 e. The Morgan fingerprint density at radius 3 is 1.38 bits per heavy atom. The van der Waals surface area contributed by atoms with Gasteiger partial charge < -0.3 is 60.3 Å². The molecule has 4 N–H and O–H groups in total. The van der Waals surface area contributed by atoms with E-state index < -0.39 is 150 Å². The summed E-state index contributed by atoms with van der Waals surface area (Å²) in [7, 11) is 10.2. The van der Waals surface area contributed by atoms with E-state index in [4.69, 9.17) is 4.74 Å². The number of hydrogen-bond donors (Lipinski definition) is 4. The molecule has 0 unspecified atom stereocenters. The summed E-state index contributed by atoms with van der Waals surface area (Å²) in [6, 6.07) is -11.7. The van der Waals surface area contributed by atoms with Crippen LogP contribution < -0.4 is 21.3 Å². The van der Waals surface area contributed by atoms with E-state index in [-0.39, 0.29) is 61.7 Å². The number of nitrogens with zero attached hydrogens (tertiary/aromatic N) is 7. The highest BCUT2D eigenvalue weighted by Crippen LogP contribution is 2.28. The summed E-state index contributed by atoms with van der Waals surface area (Å²) in [5.41, 5.74) is 0. The summed E-state index contributed by atoms with van der Waals surface area (Å²) < 4.78 is 6.41. The Bertz CT molecular complexity index is 2310. The second kappa shape index (κ2) is 33.9. The van der Waals surface area contributed by atoms with E-state index in [1.807, 2.05) is 62.3 Å². The second-order valence-corrected chi connectivity index (χ2v) is 26.6. The fourth-order valence-corrected chi connectivity index (χ4v) is 11.4. The molecule has 0 aromatic carbocycles. The maximum Gasteiger partial charge on any atom is 0.246 e. The van der Waals surface area contributed by atoms with E-state index in [0.717, 1.165) is 6.42 Å². The van der Waals surface area contributed by atoms with Gasteiger partial charge in [-0.15, -0.1) is 0 Å². The van der Waals surface area contributed by atoms with Gasteiger partial charge in [0.1, 0.15) is 60.4 Å². The van der Waals surface area contributed by atoms with Crippen LogP contribution in [0.15, 0.2) is 0 Å². The van der Waals surface area contributed by atoms with Crippen molar-refractivity contribution >= 4 is 65.0 Å². The molecule has 0 bridgehead atoms. The molecule has 2 heterocycles. The molecular formula is C62H111N11O12. The quantitative estimate of drug-likeness (QED) is 0.219. The molecule has 2 aliphatic rings. The Balaban J connectivity index is 2.96. The van der Waals surface area contributed by atoms with Crippen LogP contribution in [0, 0.1) is 41.4 Å². The highest BCUT2D eigenvalue weighted by Gasteiger charge is 2.46. The molecule has 12 atom stereocenters. The highest BCUT2D eigenvalue weighted by molar-refractivity contribution is 5.99. The molecule has 2 saturated heterocycles. The van der Waals surface area contributed by atoms with E-state index >= 15 is 14.4 Å². The molecule has 0 aliphatic carbocycles.